The van der Waals surface area contributed by atoms with Crippen LogP contribution in [0, 0.1) is 0 Å². The standard InChI is InChI=1S/C15H22N4/c1-16-11-3-5-12(6-4-11)19(2)13-7-8-14-15(9-13)18-10-17-14/h7-12,16H,3-6H2,1-2H3,(H,17,18). The lowest BCUT2D eigenvalue weighted by Gasteiger charge is -2.36. The van der Waals surface area contributed by atoms with Crippen molar-refractivity contribution < 1.29 is 0 Å². The molecule has 2 N–H and O–H groups in total. The number of hydrogen-bond donors (Lipinski definition) is 2. The van der Waals surface area contributed by atoms with Crippen LogP contribution in [0.1, 0.15) is 25.7 Å². The van der Waals surface area contributed by atoms with Gasteiger partial charge in [0.25, 0.3) is 0 Å². The second-order valence-electron chi connectivity index (χ2n) is 5.51. The van der Waals surface area contributed by atoms with E-state index in [2.05, 4.69) is 52.5 Å². The molecule has 4 heteroatoms. The Bertz CT molecular complexity index is 540. The van der Waals surface area contributed by atoms with Gasteiger partial charge in [0.2, 0.25) is 0 Å². The van der Waals surface area contributed by atoms with Crippen molar-refractivity contribution in [2.75, 3.05) is 19.0 Å². The first kappa shape index (κ1) is 12.5. The summed E-state index contributed by atoms with van der Waals surface area (Å²) in [5.41, 5.74) is 3.44. The molecule has 1 saturated carbocycles. The Morgan fingerprint density at radius 2 is 2.05 bits per heavy atom. The number of nitrogens with one attached hydrogen (secondary N) is 2. The Morgan fingerprint density at radius 1 is 1.26 bits per heavy atom. The van der Waals surface area contributed by atoms with E-state index in [0.29, 0.717) is 12.1 Å². The molecule has 0 saturated heterocycles. The number of fused-ring (bicyclic) bond motifs is 1. The molecule has 0 unspecified atom stereocenters. The summed E-state index contributed by atoms with van der Waals surface area (Å²) in [6.07, 6.45) is 6.84. The van der Waals surface area contributed by atoms with Crippen LogP contribution in [0.25, 0.3) is 11.0 Å². The third-order valence-corrected chi connectivity index (χ3v) is 4.46. The van der Waals surface area contributed by atoms with E-state index in [0.717, 1.165) is 11.0 Å². The predicted octanol–water partition coefficient (Wildman–Crippen LogP) is 2.53. The maximum Gasteiger partial charge on any atom is 0.0931 e. The van der Waals surface area contributed by atoms with Gasteiger partial charge in [-0.15, -0.1) is 0 Å². The SMILES string of the molecule is CNC1CCC(N(C)c2ccc3nc[nH]c3c2)CC1. The lowest BCUT2D eigenvalue weighted by molar-refractivity contribution is 0.351. The topological polar surface area (TPSA) is 44.0 Å². The molecule has 1 aromatic carbocycles. The van der Waals surface area contributed by atoms with Crippen molar-refractivity contribution in [3.63, 3.8) is 0 Å². The van der Waals surface area contributed by atoms with Gasteiger partial charge in [-0.05, 0) is 50.9 Å². The summed E-state index contributed by atoms with van der Waals surface area (Å²) in [5, 5.41) is 3.39. The predicted molar refractivity (Wildman–Crippen MR) is 79.6 cm³/mol. The molecule has 0 spiro atoms. The van der Waals surface area contributed by atoms with Crippen molar-refractivity contribution in [2.24, 2.45) is 0 Å². The summed E-state index contributed by atoms with van der Waals surface area (Å²) in [6.45, 7) is 0. The molecule has 0 atom stereocenters. The molecule has 0 radical (unpaired) electrons. The summed E-state index contributed by atoms with van der Waals surface area (Å²) in [4.78, 5) is 9.88. The van der Waals surface area contributed by atoms with Crippen molar-refractivity contribution >= 4 is 16.7 Å². The van der Waals surface area contributed by atoms with E-state index in [-0.39, 0.29) is 0 Å². The molecule has 102 valence electrons. The van der Waals surface area contributed by atoms with Gasteiger partial charge >= 0.3 is 0 Å². The third kappa shape index (κ3) is 2.45. The average molecular weight is 258 g/mol. The highest BCUT2D eigenvalue weighted by molar-refractivity contribution is 5.79. The molecule has 1 aliphatic carbocycles. The van der Waals surface area contributed by atoms with E-state index in [1.54, 1.807) is 6.33 Å². The molecule has 0 amide bonds. The molecular formula is C15H22N4. The van der Waals surface area contributed by atoms with Crippen molar-refractivity contribution in [3.05, 3.63) is 24.5 Å². The second kappa shape index (κ2) is 5.21. The zero-order valence-electron chi connectivity index (χ0n) is 11.7. The highest BCUT2D eigenvalue weighted by Crippen LogP contribution is 2.27. The number of aromatic nitrogens is 2. The molecule has 1 aromatic heterocycles. The highest BCUT2D eigenvalue weighted by Gasteiger charge is 2.23. The summed E-state index contributed by atoms with van der Waals surface area (Å²) in [6, 6.07) is 7.83. The fraction of sp³-hybridized carbons (Fsp3) is 0.533. The fourth-order valence-electron chi connectivity index (χ4n) is 3.11. The number of H-pyrrole nitrogens is 1. The average Bonchev–Trinajstić information content (AvgIpc) is 2.94. The van der Waals surface area contributed by atoms with E-state index < -0.39 is 0 Å². The van der Waals surface area contributed by atoms with E-state index in [1.165, 1.54) is 31.4 Å². The van der Waals surface area contributed by atoms with E-state index in [4.69, 9.17) is 0 Å². The largest absolute Gasteiger partial charge is 0.372 e. The molecule has 19 heavy (non-hydrogen) atoms. The van der Waals surface area contributed by atoms with Gasteiger partial charge in [0, 0.05) is 24.8 Å². The molecule has 1 heterocycles. The summed E-state index contributed by atoms with van der Waals surface area (Å²) in [5.74, 6) is 0. The Kier molecular flexibility index (Phi) is 3.42. The van der Waals surface area contributed by atoms with Gasteiger partial charge < -0.3 is 15.2 Å². The number of benzene rings is 1. The number of imidazole rings is 1. The summed E-state index contributed by atoms with van der Waals surface area (Å²) >= 11 is 0. The van der Waals surface area contributed by atoms with Crippen LogP contribution in [-0.4, -0.2) is 36.1 Å². The quantitative estimate of drug-likeness (QED) is 0.889. The van der Waals surface area contributed by atoms with Gasteiger partial charge in [0.05, 0.1) is 17.4 Å². The van der Waals surface area contributed by atoms with Crippen LogP contribution in [0.3, 0.4) is 0 Å². The first-order chi connectivity index (χ1) is 9.28. The molecule has 1 aliphatic rings. The number of rotatable bonds is 3. The fourth-order valence-corrected chi connectivity index (χ4v) is 3.11. The Labute approximate surface area is 114 Å². The van der Waals surface area contributed by atoms with Crippen LogP contribution in [-0.2, 0) is 0 Å². The van der Waals surface area contributed by atoms with Gasteiger partial charge in [0.15, 0.2) is 0 Å². The molecule has 4 nitrogen and oxygen atoms in total. The lowest BCUT2D eigenvalue weighted by Crippen LogP contribution is -2.39. The van der Waals surface area contributed by atoms with Crippen LogP contribution < -0.4 is 10.2 Å². The highest BCUT2D eigenvalue weighted by atomic mass is 15.1. The van der Waals surface area contributed by atoms with Crippen molar-refractivity contribution in [2.45, 2.75) is 37.8 Å². The molecule has 2 aromatic rings. The number of nitrogens with zero attached hydrogens (tertiary/aromatic N) is 2. The van der Waals surface area contributed by atoms with Crippen molar-refractivity contribution in [3.8, 4) is 0 Å². The van der Waals surface area contributed by atoms with E-state index in [9.17, 15) is 0 Å². The number of anilines is 1. The zero-order valence-corrected chi connectivity index (χ0v) is 11.7. The van der Waals surface area contributed by atoms with Gasteiger partial charge in [-0.3, -0.25) is 0 Å². The molecule has 0 aliphatic heterocycles. The normalized spacial score (nSPS) is 23.7. The first-order valence-corrected chi connectivity index (χ1v) is 7.11. The van der Waals surface area contributed by atoms with Crippen LogP contribution in [0.4, 0.5) is 5.69 Å². The minimum absolute atomic E-state index is 0.657. The molecule has 1 fully saturated rings. The third-order valence-electron chi connectivity index (χ3n) is 4.46. The second-order valence-corrected chi connectivity index (χ2v) is 5.51. The Morgan fingerprint density at radius 3 is 2.79 bits per heavy atom. The van der Waals surface area contributed by atoms with Gasteiger partial charge in [0.1, 0.15) is 0 Å². The molecule has 3 rings (SSSR count). The minimum atomic E-state index is 0.657. The van der Waals surface area contributed by atoms with Crippen molar-refractivity contribution in [1.29, 1.82) is 0 Å². The van der Waals surface area contributed by atoms with Gasteiger partial charge in [-0.1, -0.05) is 0 Å². The van der Waals surface area contributed by atoms with Gasteiger partial charge in [-0.25, -0.2) is 4.98 Å². The van der Waals surface area contributed by atoms with E-state index in [1.807, 2.05) is 0 Å². The Hall–Kier alpha value is -1.55. The van der Waals surface area contributed by atoms with Gasteiger partial charge in [-0.2, -0.15) is 0 Å². The minimum Gasteiger partial charge on any atom is -0.372 e. The summed E-state index contributed by atoms with van der Waals surface area (Å²) < 4.78 is 0. The molecular weight excluding hydrogens is 236 g/mol. The maximum atomic E-state index is 4.27. The van der Waals surface area contributed by atoms with Crippen LogP contribution in [0.2, 0.25) is 0 Å². The number of aromatic amines is 1. The monoisotopic (exact) mass is 258 g/mol. The maximum absolute atomic E-state index is 4.27. The first-order valence-electron chi connectivity index (χ1n) is 7.11. The van der Waals surface area contributed by atoms with E-state index >= 15 is 0 Å². The van der Waals surface area contributed by atoms with Crippen LogP contribution >= 0.6 is 0 Å². The smallest absolute Gasteiger partial charge is 0.0931 e. The zero-order chi connectivity index (χ0) is 13.2. The molecule has 0 bridgehead atoms. The lowest BCUT2D eigenvalue weighted by atomic mass is 9.90. The number of hydrogen-bond acceptors (Lipinski definition) is 3. The van der Waals surface area contributed by atoms with Crippen LogP contribution in [0.15, 0.2) is 24.5 Å². The van der Waals surface area contributed by atoms with Crippen molar-refractivity contribution in [1.82, 2.24) is 15.3 Å². The summed E-state index contributed by atoms with van der Waals surface area (Å²) in [7, 11) is 4.28. The Balaban J connectivity index is 1.74. The van der Waals surface area contributed by atoms with Crippen LogP contribution in [0.5, 0.6) is 0 Å².